The third kappa shape index (κ3) is 20.5. The molecular formula is C64H88N2O4. The Morgan fingerprint density at radius 3 is 0.929 bits per heavy atom. The van der Waals surface area contributed by atoms with Gasteiger partial charge in [0.15, 0.2) is 0 Å². The van der Waals surface area contributed by atoms with Gasteiger partial charge < -0.3 is 18.9 Å². The van der Waals surface area contributed by atoms with E-state index in [1.165, 1.54) is 116 Å². The van der Waals surface area contributed by atoms with Crippen molar-refractivity contribution >= 4 is 21.8 Å². The molecule has 6 heteroatoms. The number of rotatable bonds is 42. The van der Waals surface area contributed by atoms with Crippen LogP contribution in [0.3, 0.4) is 0 Å². The molecule has 378 valence electrons. The van der Waals surface area contributed by atoms with Crippen LogP contribution in [0.25, 0.3) is 44.3 Å². The van der Waals surface area contributed by atoms with E-state index in [-0.39, 0.29) is 0 Å². The molecule has 0 aliphatic rings. The van der Waals surface area contributed by atoms with Crippen LogP contribution >= 0.6 is 0 Å². The van der Waals surface area contributed by atoms with Gasteiger partial charge in [-0.15, -0.1) is 26.3 Å². The predicted molar refractivity (Wildman–Crippen MR) is 300 cm³/mol. The highest BCUT2D eigenvalue weighted by molar-refractivity contribution is 6.04. The highest BCUT2D eigenvalue weighted by Crippen LogP contribution is 2.37. The SMILES string of the molecule is C=CCCCCCCCCOc1ccc(-c2ccc3ccc4ccc(-c5ccc(OCCCCCCCCC=C)cc5OCCCCCCCCC=C)nc4c3n2)c(OCCCCCCCCC=C)c1. The quantitative estimate of drug-likeness (QED) is 0.0221. The van der Waals surface area contributed by atoms with Crippen molar-refractivity contribution in [2.45, 2.75) is 180 Å². The molecule has 0 saturated heterocycles. The first kappa shape index (κ1) is 55.6. The van der Waals surface area contributed by atoms with Crippen molar-refractivity contribution in [3.63, 3.8) is 0 Å². The molecule has 6 nitrogen and oxygen atoms in total. The summed E-state index contributed by atoms with van der Waals surface area (Å²) in [5.74, 6) is 3.29. The first-order valence-corrected chi connectivity index (χ1v) is 27.6. The molecule has 0 bridgehead atoms. The number of pyridine rings is 2. The summed E-state index contributed by atoms with van der Waals surface area (Å²) in [6.45, 7) is 18.1. The standard InChI is InChI=1S/C64H88N2O4/c1-5-9-13-17-21-25-29-33-47-67-55-41-43-57(61(51-55)69-49-35-31-27-23-19-15-11-7-3)59-45-39-53-37-38-54-40-46-60(66-64(54)63(53)65-59)58-44-42-56(68-48-34-30-26-22-18-14-10-6-2)52-62(58)70-50-36-32-28-24-20-16-12-8-4/h5-8,37-46,51-52H,1-4,9-36,47-50H2. The number of aromatic nitrogens is 2. The number of nitrogens with zero attached hydrogens (tertiary/aromatic N) is 2. The Kier molecular flexibility index (Phi) is 27.7. The van der Waals surface area contributed by atoms with E-state index < -0.39 is 0 Å². The van der Waals surface area contributed by atoms with Crippen LogP contribution < -0.4 is 18.9 Å². The number of hydrogen-bond acceptors (Lipinski definition) is 6. The second-order valence-corrected chi connectivity index (χ2v) is 19.1. The van der Waals surface area contributed by atoms with Crippen molar-refractivity contribution in [2.75, 3.05) is 26.4 Å². The van der Waals surface area contributed by atoms with Crippen LogP contribution in [0.15, 0.2) is 123 Å². The zero-order valence-corrected chi connectivity index (χ0v) is 43.2. The average Bonchev–Trinajstić information content (AvgIpc) is 3.38. The van der Waals surface area contributed by atoms with Gasteiger partial charge in [0.05, 0.1) is 48.8 Å². The van der Waals surface area contributed by atoms with E-state index in [0.29, 0.717) is 26.4 Å². The van der Waals surface area contributed by atoms with Crippen LogP contribution in [0.5, 0.6) is 23.0 Å². The molecule has 0 amide bonds. The van der Waals surface area contributed by atoms with Gasteiger partial charge >= 0.3 is 0 Å². The van der Waals surface area contributed by atoms with Gasteiger partial charge in [0, 0.05) is 34.0 Å². The van der Waals surface area contributed by atoms with Gasteiger partial charge in [-0.25, -0.2) is 9.97 Å². The van der Waals surface area contributed by atoms with Gasteiger partial charge in [-0.1, -0.05) is 151 Å². The van der Waals surface area contributed by atoms with Crippen LogP contribution in [-0.2, 0) is 0 Å². The highest BCUT2D eigenvalue weighted by atomic mass is 16.5. The summed E-state index contributed by atoms with van der Waals surface area (Å²) < 4.78 is 25.9. The lowest BCUT2D eigenvalue weighted by Gasteiger charge is -2.16. The number of unbranched alkanes of at least 4 members (excludes halogenated alkanes) is 24. The molecule has 0 saturated carbocycles. The number of ether oxygens (including phenoxy) is 4. The van der Waals surface area contributed by atoms with E-state index in [4.69, 9.17) is 28.9 Å². The largest absolute Gasteiger partial charge is 0.493 e. The summed E-state index contributed by atoms with van der Waals surface area (Å²) in [5, 5.41) is 2.08. The van der Waals surface area contributed by atoms with Gasteiger partial charge in [0.2, 0.25) is 0 Å². The molecule has 0 aliphatic heterocycles. The average molecular weight is 949 g/mol. The zero-order chi connectivity index (χ0) is 49.1. The summed E-state index contributed by atoms with van der Waals surface area (Å²) in [7, 11) is 0. The molecule has 3 aromatic carbocycles. The second kappa shape index (κ2) is 34.9. The van der Waals surface area contributed by atoms with E-state index in [9.17, 15) is 0 Å². The normalized spacial score (nSPS) is 11.2. The minimum absolute atomic E-state index is 0.650. The lowest BCUT2D eigenvalue weighted by atomic mass is 10.0. The van der Waals surface area contributed by atoms with E-state index >= 15 is 0 Å². The fourth-order valence-corrected chi connectivity index (χ4v) is 9.05. The molecule has 0 radical (unpaired) electrons. The Morgan fingerprint density at radius 2 is 0.600 bits per heavy atom. The molecule has 5 aromatic rings. The van der Waals surface area contributed by atoms with E-state index in [1.54, 1.807) is 0 Å². The van der Waals surface area contributed by atoms with Crippen molar-refractivity contribution in [3.05, 3.63) is 123 Å². The van der Waals surface area contributed by atoms with Gasteiger partial charge in [-0.05, 0) is 113 Å². The fraction of sp³-hybridized carbons (Fsp3) is 0.500. The van der Waals surface area contributed by atoms with Crippen LogP contribution in [0, 0.1) is 0 Å². The molecule has 0 spiro atoms. The van der Waals surface area contributed by atoms with Crippen molar-refractivity contribution in [2.24, 2.45) is 0 Å². The maximum atomic E-state index is 6.61. The number of hydrogen-bond donors (Lipinski definition) is 0. The molecule has 0 fully saturated rings. The highest BCUT2D eigenvalue weighted by Gasteiger charge is 2.16. The first-order valence-electron chi connectivity index (χ1n) is 27.6. The maximum absolute atomic E-state index is 6.61. The van der Waals surface area contributed by atoms with Crippen molar-refractivity contribution in [3.8, 4) is 45.5 Å². The molecule has 0 atom stereocenters. The molecule has 2 aromatic heterocycles. The topological polar surface area (TPSA) is 62.7 Å². The second-order valence-electron chi connectivity index (χ2n) is 19.1. The van der Waals surface area contributed by atoms with Crippen molar-refractivity contribution in [1.29, 1.82) is 0 Å². The van der Waals surface area contributed by atoms with E-state index in [2.05, 4.69) is 99.1 Å². The number of allylic oxidation sites excluding steroid dienone is 4. The Morgan fingerprint density at radius 1 is 0.314 bits per heavy atom. The van der Waals surface area contributed by atoms with Crippen LogP contribution in [0.1, 0.15) is 180 Å². The lowest BCUT2D eigenvalue weighted by Crippen LogP contribution is -2.02. The monoisotopic (exact) mass is 949 g/mol. The fourth-order valence-electron chi connectivity index (χ4n) is 9.05. The van der Waals surface area contributed by atoms with Gasteiger partial charge in [0.1, 0.15) is 23.0 Å². The molecule has 0 N–H and O–H groups in total. The molecular weight excluding hydrogens is 861 g/mol. The Balaban J connectivity index is 1.34. The minimum atomic E-state index is 0.650. The molecule has 2 heterocycles. The molecule has 0 unspecified atom stereocenters. The predicted octanol–water partition coefficient (Wildman–Crippen LogP) is 19.3. The van der Waals surface area contributed by atoms with Crippen molar-refractivity contribution < 1.29 is 18.9 Å². The Labute approximate surface area is 424 Å². The number of benzene rings is 3. The van der Waals surface area contributed by atoms with Crippen LogP contribution in [0.4, 0.5) is 0 Å². The third-order valence-corrected chi connectivity index (χ3v) is 13.2. The number of fused-ring (bicyclic) bond motifs is 3. The summed E-state index contributed by atoms with van der Waals surface area (Å²) in [6.07, 6.45) is 41.2. The Bertz CT molecular complexity index is 2110. The summed E-state index contributed by atoms with van der Waals surface area (Å²) >= 11 is 0. The third-order valence-electron chi connectivity index (χ3n) is 13.2. The van der Waals surface area contributed by atoms with Crippen LogP contribution in [-0.4, -0.2) is 36.4 Å². The summed E-state index contributed by atoms with van der Waals surface area (Å²) in [5.41, 5.74) is 5.34. The van der Waals surface area contributed by atoms with E-state index in [0.717, 1.165) is 132 Å². The first-order chi connectivity index (χ1) is 34.6. The zero-order valence-electron chi connectivity index (χ0n) is 43.2. The smallest absolute Gasteiger partial charge is 0.132 e. The molecule has 0 aliphatic carbocycles. The summed E-state index contributed by atoms with van der Waals surface area (Å²) in [6, 6.07) is 25.3. The van der Waals surface area contributed by atoms with Gasteiger partial charge in [0.25, 0.3) is 0 Å². The van der Waals surface area contributed by atoms with Crippen LogP contribution in [0.2, 0.25) is 0 Å². The Hall–Kier alpha value is -5.36. The maximum Gasteiger partial charge on any atom is 0.132 e. The van der Waals surface area contributed by atoms with Gasteiger partial charge in [-0.2, -0.15) is 0 Å². The minimum Gasteiger partial charge on any atom is -0.493 e. The van der Waals surface area contributed by atoms with Gasteiger partial charge in [-0.3, -0.25) is 0 Å². The molecule has 70 heavy (non-hydrogen) atoms. The lowest BCUT2D eigenvalue weighted by molar-refractivity contribution is 0.290. The van der Waals surface area contributed by atoms with E-state index in [1.807, 2.05) is 24.3 Å². The van der Waals surface area contributed by atoms with Crippen molar-refractivity contribution in [1.82, 2.24) is 9.97 Å². The summed E-state index contributed by atoms with van der Waals surface area (Å²) in [4.78, 5) is 10.7. The molecule has 5 rings (SSSR count).